The summed E-state index contributed by atoms with van der Waals surface area (Å²) in [6.07, 6.45) is 1.63. The summed E-state index contributed by atoms with van der Waals surface area (Å²) < 4.78 is 17.6. The Kier molecular flexibility index (Phi) is 3.90. The van der Waals surface area contributed by atoms with Gasteiger partial charge in [-0.05, 0) is 48.9 Å². The topological polar surface area (TPSA) is 39.2 Å². The van der Waals surface area contributed by atoms with Crippen LogP contribution in [0.2, 0.25) is 0 Å². The van der Waals surface area contributed by atoms with Crippen LogP contribution in [0, 0.1) is 5.82 Å². The molecule has 0 aliphatic carbocycles. The lowest BCUT2D eigenvalue weighted by atomic mass is 10.00. The number of ether oxygens (including phenoxy) is 1. The molecule has 1 unspecified atom stereocenters. The van der Waals surface area contributed by atoms with E-state index in [0.29, 0.717) is 5.69 Å². The predicted octanol–water partition coefficient (Wildman–Crippen LogP) is 3.16. The Labute approximate surface area is 111 Å². The van der Waals surface area contributed by atoms with Gasteiger partial charge in [0, 0.05) is 11.8 Å². The summed E-state index contributed by atoms with van der Waals surface area (Å²) in [6, 6.07) is 9.67. The van der Waals surface area contributed by atoms with Gasteiger partial charge in [-0.1, -0.05) is 0 Å². The number of pyridine rings is 1. The number of benzene rings is 1. The predicted molar refractivity (Wildman–Crippen MR) is 70.1 cm³/mol. The van der Waals surface area contributed by atoms with Crippen LogP contribution in [0.3, 0.4) is 0 Å². The molecule has 4 heteroatoms. The van der Waals surface area contributed by atoms with Crippen LogP contribution in [0.4, 0.5) is 4.39 Å². The molecule has 1 aromatic heterocycles. The van der Waals surface area contributed by atoms with Crippen molar-refractivity contribution in [3.8, 4) is 11.3 Å². The van der Waals surface area contributed by atoms with E-state index in [9.17, 15) is 9.18 Å². The zero-order valence-corrected chi connectivity index (χ0v) is 10.8. The molecule has 2 rings (SSSR count). The summed E-state index contributed by atoms with van der Waals surface area (Å²) in [7, 11) is 1.36. The molecule has 1 atom stereocenters. The average molecular weight is 259 g/mol. The summed E-state index contributed by atoms with van der Waals surface area (Å²) in [6.45, 7) is 1.77. The number of hydrogen-bond donors (Lipinski definition) is 0. The number of nitrogens with zero attached hydrogens (tertiary/aromatic N) is 1. The van der Waals surface area contributed by atoms with Gasteiger partial charge in [0.05, 0.1) is 18.7 Å². The minimum Gasteiger partial charge on any atom is -0.469 e. The maximum absolute atomic E-state index is 12.9. The van der Waals surface area contributed by atoms with Crippen LogP contribution in [0.25, 0.3) is 11.3 Å². The molecule has 3 nitrogen and oxygen atoms in total. The minimum absolute atomic E-state index is 0.289. The number of carbonyl (C=O) groups excluding carboxylic acids is 1. The molecule has 0 saturated carbocycles. The molecular formula is C15H14FNO2. The van der Waals surface area contributed by atoms with E-state index in [0.717, 1.165) is 11.1 Å². The van der Waals surface area contributed by atoms with E-state index < -0.39 is 0 Å². The molecule has 0 aliphatic rings. The van der Waals surface area contributed by atoms with Crippen molar-refractivity contribution < 1.29 is 13.9 Å². The summed E-state index contributed by atoms with van der Waals surface area (Å²) >= 11 is 0. The first-order valence-electron chi connectivity index (χ1n) is 5.91. The van der Waals surface area contributed by atoms with Crippen LogP contribution in [-0.2, 0) is 9.53 Å². The molecule has 0 bridgehead atoms. The Morgan fingerprint density at radius 2 is 1.95 bits per heavy atom. The highest BCUT2D eigenvalue weighted by atomic mass is 19.1. The van der Waals surface area contributed by atoms with Crippen molar-refractivity contribution in [3.63, 3.8) is 0 Å². The average Bonchev–Trinajstić information content (AvgIpc) is 2.46. The number of hydrogen-bond acceptors (Lipinski definition) is 3. The standard InChI is InChI=1S/C15H14FNO2/c1-10(15(18)19-2)12-7-8-17-14(9-12)11-3-5-13(16)6-4-11/h3-10H,1-2H3. The fourth-order valence-electron chi connectivity index (χ4n) is 1.81. The quantitative estimate of drug-likeness (QED) is 0.795. The summed E-state index contributed by atoms with van der Waals surface area (Å²) in [5.74, 6) is -0.939. The first kappa shape index (κ1) is 13.2. The molecule has 0 fully saturated rings. The first-order valence-corrected chi connectivity index (χ1v) is 5.91. The molecule has 19 heavy (non-hydrogen) atoms. The van der Waals surface area contributed by atoms with Gasteiger partial charge < -0.3 is 4.74 Å². The van der Waals surface area contributed by atoms with Gasteiger partial charge in [-0.25, -0.2) is 4.39 Å². The molecular weight excluding hydrogens is 245 g/mol. The lowest BCUT2D eigenvalue weighted by Gasteiger charge is -2.10. The lowest BCUT2D eigenvalue weighted by molar-refractivity contribution is -0.141. The fourth-order valence-corrected chi connectivity index (χ4v) is 1.81. The van der Waals surface area contributed by atoms with Crippen molar-refractivity contribution in [1.82, 2.24) is 4.98 Å². The molecule has 0 amide bonds. The van der Waals surface area contributed by atoms with Gasteiger partial charge in [0.25, 0.3) is 0 Å². The number of carbonyl (C=O) groups is 1. The maximum Gasteiger partial charge on any atom is 0.312 e. The number of esters is 1. The van der Waals surface area contributed by atoms with Gasteiger partial charge in [0.15, 0.2) is 0 Å². The van der Waals surface area contributed by atoms with Gasteiger partial charge in [-0.2, -0.15) is 0 Å². The second-order valence-corrected chi connectivity index (χ2v) is 4.23. The van der Waals surface area contributed by atoms with E-state index in [1.807, 2.05) is 6.07 Å². The highest BCUT2D eigenvalue weighted by Crippen LogP contribution is 2.23. The van der Waals surface area contributed by atoms with Gasteiger partial charge >= 0.3 is 5.97 Å². The molecule has 0 N–H and O–H groups in total. The van der Waals surface area contributed by atoms with Gasteiger partial charge in [0.2, 0.25) is 0 Å². The Bertz CT molecular complexity index is 581. The van der Waals surface area contributed by atoms with Crippen LogP contribution in [-0.4, -0.2) is 18.1 Å². The van der Waals surface area contributed by atoms with Crippen molar-refractivity contribution >= 4 is 5.97 Å². The van der Waals surface area contributed by atoms with E-state index in [1.54, 1.807) is 31.3 Å². The van der Waals surface area contributed by atoms with Crippen molar-refractivity contribution in [2.45, 2.75) is 12.8 Å². The highest BCUT2D eigenvalue weighted by Gasteiger charge is 2.16. The largest absolute Gasteiger partial charge is 0.469 e. The Balaban J connectivity index is 2.34. The summed E-state index contributed by atoms with van der Waals surface area (Å²) in [5.41, 5.74) is 2.33. The van der Waals surface area contributed by atoms with E-state index in [2.05, 4.69) is 4.98 Å². The van der Waals surface area contributed by atoms with Crippen LogP contribution in [0.1, 0.15) is 18.4 Å². The van der Waals surface area contributed by atoms with Crippen LogP contribution in [0.15, 0.2) is 42.6 Å². The SMILES string of the molecule is COC(=O)C(C)c1ccnc(-c2ccc(F)cc2)c1. The number of halogens is 1. The molecule has 98 valence electrons. The summed E-state index contributed by atoms with van der Waals surface area (Å²) in [5, 5.41) is 0. The monoisotopic (exact) mass is 259 g/mol. The zero-order chi connectivity index (χ0) is 13.8. The Hall–Kier alpha value is -2.23. The fraction of sp³-hybridized carbons (Fsp3) is 0.200. The minimum atomic E-state index is -0.354. The van der Waals surface area contributed by atoms with Crippen molar-refractivity contribution in [1.29, 1.82) is 0 Å². The van der Waals surface area contributed by atoms with Crippen LogP contribution in [0.5, 0.6) is 0 Å². The lowest BCUT2D eigenvalue weighted by Crippen LogP contribution is -2.10. The molecule has 1 aromatic carbocycles. The van der Waals surface area contributed by atoms with Crippen molar-refractivity contribution in [2.24, 2.45) is 0 Å². The second kappa shape index (κ2) is 5.61. The van der Waals surface area contributed by atoms with Crippen molar-refractivity contribution in [3.05, 3.63) is 54.0 Å². The molecule has 0 radical (unpaired) electrons. The smallest absolute Gasteiger partial charge is 0.312 e. The van der Waals surface area contributed by atoms with Crippen LogP contribution < -0.4 is 0 Å². The molecule has 0 saturated heterocycles. The number of aromatic nitrogens is 1. The normalized spacial score (nSPS) is 11.9. The van der Waals surface area contributed by atoms with Gasteiger partial charge in [-0.15, -0.1) is 0 Å². The number of rotatable bonds is 3. The van der Waals surface area contributed by atoms with Crippen LogP contribution >= 0.6 is 0 Å². The van der Waals surface area contributed by atoms with Gasteiger partial charge in [0.1, 0.15) is 5.82 Å². The van der Waals surface area contributed by atoms with E-state index in [-0.39, 0.29) is 17.7 Å². The van der Waals surface area contributed by atoms with E-state index >= 15 is 0 Å². The van der Waals surface area contributed by atoms with Gasteiger partial charge in [-0.3, -0.25) is 9.78 Å². The zero-order valence-electron chi connectivity index (χ0n) is 10.8. The molecule has 0 spiro atoms. The second-order valence-electron chi connectivity index (χ2n) is 4.23. The molecule has 0 aliphatic heterocycles. The third-order valence-corrected chi connectivity index (χ3v) is 2.98. The molecule has 2 aromatic rings. The number of methoxy groups -OCH3 is 1. The third kappa shape index (κ3) is 2.96. The first-order chi connectivity index (χ1) is 9.11. The third-order valence-electron chi connectivity index (χ3n) is 2.98. The van der Waals surface area contributed by atoms with Crippen molar-refractivity contribution in [2.75, 3.05) is 7.11 Å². The molecule has 1 heterocycles. The van der Waals surface area contributed by atoms with E-state index in [4.69, 9.17) is 4.74 Å². The Morgan fingerprint density at radius 3 is 2.58 bits per heavy atom. The van der Waals surface area contributed by atoms with E-state index in [1.165, 1.54) is 19.2 Å². The highest BCUT2D eigenvalue weighted by molar-refractivity contribution is 5.78. The Morgan fingerprint density at radius 1 is 1.26 bits per heavy atom. The maximum atomic E-state index is 12.9. The summed E-state index contributed by atoms with van der Waals surface area (Å²) in [4.78, 5) is 15.7.